The smallest absolute Gasteiger partial charge is 0.253 e. The van der Waals surface area contributed by atoms with E-state index in [-0.39, 0.29) is 11.8 Å². The Balaban J connectivity index is 1.57. The van der Waals surface area contributed by atoms with Crippen molar-refractivity contribution >= 4 is 23.2 Å². The molecule has 5 heteroatoms. The highest BCUT2D eigenvalue weighted by molar-refractivity contribution is 7.10. The number of hydrogen-bond acceptors (Lipinski definition) is 3. The SMILES string of the molecule is Cc1ccc(C(=O)N2CCN(C(=O)Cc3cccs3)CC2)cc1C. The summed E-state index contributed by atoms with van der Waals surface area (Å²) in [6, 6.07) is 9.78. The molecule has 1 aromatic heterocycles. The third kappa shape index (κ3) is 3.67. The summed E-state index contributed by atoms with van der Waals surface area (Å²) in [7, 11) is 0. The molecule has 0 bridgehead atoms. The Hall–Kier alpha value is -2.14. The highest BCUT2D eigenvalue weighted by Crippen LogP contribution is 2.15. The first kappa shape index (κ1) is 16.7. The van der Waals surface area contributed by atoms with Gasteiger partial charge in [0.15, 0.2) is 0 Å². The first-order valence-corrected chi connectivity index (χ1v) is 9.09. The number of rotatable bonds is 3. The second-order valence-electron chi connectivity index (χ2n) is 6.23. The maximum atomic E-state index is 12.6. The van der Waals surface area contributed by atoms with Gasteiger partial charge in [0.05, 0.1) is 6.42 Å². The molecule has 0 spiro atoms. The Kier molecular flexibility index (Phi) is 5.00. The summed E-state index contributed by atoms with van der Waals surface area (Å²) in [6.45, 7) is 6.49. The van der Waals surface area contributed by atoms with E-state index in [0.29, 0.717) is 32.6 Å². The van der Waals surface area contributed by atoms with E-state index in [1.54, 1.807) is 11.3 Å². The third-order valence-corrected chi connectivity index (χ3v) is 5.46. The summed E-state index contributed by atoms with van der Waals surface area (Å²) in [5.41, 5.74) is 3.05. The van der Waals surface area contributed by atoms with Crippen LogP contribution < -0.4 is 0 Å². The summed E-state index contributed by atoms with van der Waals surface area (Å²) >= 11 is 1.61. The first-order chi connectivity index (χ1) is 11.5. The second kappa shape index (κ2) is 7.18. The van der Waals surface area contributed by atoms with E-state index in [9.17, 15) is 9.59 Å². The van der Waals surface area contributed by atoms with Gasteiger partial charge in [0.25, 0.3) is 5.91 Å². The van der Waals surface area contributed by atoms with Crippen LogP contribution in [0.1, 0.15) is 26.4 Å². The number of amides is 2. The molecule has 0 N–H and O–H groups in total. The normalized spacial score (nSPS) is 14.8. The fraction of sp³-hybridized carbons (Fsp3) is 0.368. The average molecular weight is 342 g/mol. The second-order valence-corrected chi connectivity index (χ2v) is 7.26. The Morgan fingerprint density at radius 3 is 2.33 bits per heavy atom. The molecule has 1 saturated heterocycles. The van der Waals surface area contributed by atoms with Crippen molar-refractivity contribution in [3.63, 3.8) is 0 Å². The summed E-state index contributed by atoms with van der Waals surface area (Å²) in [4.78, 5) is 29.7. The summed E-state index contributed by atoms with van der Waals surface area (Å²) < 4.78 is 0. The van der Waals surface area contributed by atoms with Gasteiger partial charge in [-0.15, -0.1) is 11.3 Å². The highest BCUT2D eigenvalue weighted by atomic mass is 32.1. The van der Waals surface area contributed by atoms with Gasteiger partial charge in [-0.25, -0.2) is 0 Å². The Morgan fingerprint density at radius 2 is 1.71 bits per heavy atom. The van der Waals surface area contributed by atoms with E-state index in [1.807, 2.05) is 59.4 Å². The summed E-state index contributed by atoms with van der Waals surface area (Å²) in [6.07, 6.45) is 0.461. The van der Waals surface area contributed by atoms with Gasteiger partial charge < -0.3 is 9.80 Å². The molecule has 4 nitrogen and oxygen atoms in total. The van der Waals surface area contributed by atoms with Crippen molar-refractivity contribution in [2.75, 3.05) is 26.2 Å². The van der Waals surface area contributed by atoms with Gasteiger partial charge in [-0.1, -0.05) is 12.1 Å². The van der Waals surface area contributed by atoms with Gasteiger partial charge in [0, 0.05) is 36.6 Å². The van der Waals surface area contributed by atoms with E-state index in [1.165, 1.54) is 5.56 Å². The largest absolute Gasteiger partial charge is 0.339 e. The van der Waals surface area contributed by atoms with Crippen molar-refractivity contribution in [1.29, 1.82) is 0 Å². The molecule has 24 heavy (non-hydrogen) atoms. The van der Waals surface area contributed by atoms with Gasteiger partial charge in [-0.2, -0.15) is 0 Å². The molecule has 1 fully saturated rings. The number of carbonyl (C=O) groups is 2. The van der Waals surface area contributed by atoms with E-state index in [4.69, 9.17) is 0 Å². The van der Waals surface area contributed by atoms with E-state index >= 15 is 0 Å². The zero-order valence-corrected chi connectivity index (χ0v) is 14.9. The van der Waals surface area contributed by atoms with Crippen molar-refractivity contribution in [2.24, 2.45) is 0 Å². The van der Waals surface area contributed by atoms with E-state index in [2.05, 4.69) is 0 Å². The zero-order valence-electron chi connectivity index (χ0n) is 14.1. The highest BCUT2D eigenvalue weighted by Gasteiger charge is 2.25. The Morgan fingerprint density at radius 1 is 1.00 bits per heavy atom. The average Bonchev–Trinajstić information content (AvgIpc) is 3.10. The van der Waals surface area contributed by atoms with Crippen LogP contribution in [-0.2, 0) is 11.2 Å². The number of benzene rings is 1. The molecule has 2 heterocycles. The number of thiophene rings is 1. The lowest BCUT2D eigenvalue weighted by atomic mass is 10.1. The molecule has 0 aliphatic carbocycles. The van der Waals surface area contributed by atoms with Crippen LogP contribution in [0.15, 0.2) is 35.7 Å². The number of carbonyl (C=O) groups excluding carboxylic acids is 2. The lowest BCUT2D eigenvalue weighted by Gasteiger charge is -2.35. The minimum atomic E-state index is 0.0588. The summed E-state index contributed by atoms with van der Waals surface area (Å²) in [5, 5.41) is 1.99. The fourth-order valence-electron chi connectivity index (χ4n) is 2.89. The molecule has 0 radical (unpaired) electrons. The van der Waals surface area contributed by atoms with Crippen LogP contribution in [0.3, 0.4) is 0 Å². The van der Waals surface area contributed by atoms with Crippen molar-refractivity contribution in [2.45, 2.75) is 20.3 Å². The van der Waals surface area contributed by atoms with Crippen LogP contribution in [0.4, 0.5) is 0 Å². The number of nitrogens with zero attached hydrogens (tertiary/aromatic N) is 2. The molecule has 0 atom stereocenters. The predicted octanol–water partition coefficient (Wildman–Crippen LogP) is 2.89. The lowest BCUT2D eigenvalue weighted by Crippen LogP contribution is -2.51. The standard InChI is InChI=1S/C19H22N2O2S/c1-14-5-6-16(12-15(14)2)19(23)21-9-7-20(8-10-21)18(22)13-17-4-3-11-24-17/h3-6,11-12H,7-10,13H2,1-2H3. The van der Waals surface area contributed by atoms with Crippen LogP contribution in [0.25, 0.3) is 0 Å². The molecule has 1 aliphatic rings. The quantitative estimate of drug-likeness (QED) is 0.860. The van der Waals surface area contributed by atoms with E-state index in [0.717, 1.165) is 16.0 Å². The first-order valence-electron chi connectivity index (χ1n) is 8.21. The zero-order chi connectivity index (χ0) is 17.1. The minimum absolute atomic E-state index is 0.0588. The molecule has 2 aromatic rings. The predicted molar refractivity (Wildman–Crippen MR) is 96.4 cm³/mol. The van der Waals surface area contributed by atoms with Crippen LogP contribution >= 0.6 is 11.3 Å². The van der Waals surface area contributed by atoms with Crippen LogP contribution in [-0.4, -0.2) is 47.8 Å². The third-order valence-electron chi connectivity index (χ3n) is 4.58. The van der Waals surface area contributed by atoms with Crippen molar-refractivity contribution in [1.82, 2.24) is 9.80 Å². The molecular formula is C19H22N2O2S. The van der Waals surface area contributed by atoms with Gasteiger partial charge in [-0.05, 0) is 48.6 Å². The monoisotopic (exact) mass is 342 g/mol. The van der Waals surface area contributed by atoms with Gasteiger partial charge in [-0.3, -0.25) is 9.59 Å². The van der Waals surface area contributed by atoms with Crippen molar-refractivity contribution in [3.05, 3.63) is 57.3 Å². The van der Waals surface area contributed by atoms with Crippen molar-refractivity contribution in [3.8, 4) is 0 Å². The van der Waals surface area contributed by atoms with Crippen LogP contribution in [0.2, 0.25) is 0 Å². The van der Waals surface area contributed by atoms with Gasteiger partial charge in [0.1, 0.15) is 0 Å². The molecule has 1 aromatic carbocycles. The van der Waals surface area contributed by atoms with E-state index < -0.39 is 0 Å². The minimum Gasteiger partial charge on any atom is -0.339 e. The molecule has 126 valence electrons. The fourth-order valence-corrected chi connectivity index (χ4v) is 3.59. The number of piperazine rings is 1. The maximum Gasteiger partial charge on any atom is 0.253 e. The molecule has 1 aliphatic heterocycles. The topological polar surface area (TPSA) is 40.6 Å². The number of hydrogen-bond donors (Lipinski definition) is 0. The van der Waals surface area contributed by atoms with Crippen molar-refractivity contribution < 1.29 is 9.59 Å². The molecule has 2 amide bonds. The molecule has 3 rings (SSSR count). The Bertz CT molecular complexity index is 732. The number of aryl methyl sites for hydroxylation is 2. The van der Waals surface area contributed by atoms with Gasteiger partial charge >= 0.3 is 0 Å². The summed E-state index contributed by atoms with van der Waals surface area (Å²) in [5.74, 6) is 0.208. The van der Waals surface area contributed by atoms with Crippen LogP contribution in [0, 0.1) is 13.8 Å². The van der Waals surface area contributed by atoms with Gasteiger partial charge in [0.2, 0.25) is 5.91 Å². The maximum absolute atomic E-state index is 12.6. The lowest BCUT2D eigenvalue weighted by molar-refractivity contribution is -0.131. The van der Waals surface area contributed by atoms with Crippen LogP contribution in [0.5, 0.6) is 0 Å². The molecular weight excluding hydrogens is 320 g/mol. The Labute approximate surface area is 146 Å². The molecule has 0 saturated carbocycles. The molecule has 0 unspecified atom stereocenters.